The van der Waals surface area contributed by atoms with Crippen molar-refractivity contribution in [2.75, 3.05) is 6.61 Å². The van der Waals surface area contributed by atoms with Gasteiger partial charge < -0.3 is 9.72 Å². The number of nitrogens with one attached hydrogen (secondary N) is 2. The van der Waals surface area contributed by atoms with Crippen LogP contribution in [-0.4, -0.2) is 30.9 Å². The molecule has 1 aromatic carbocycles. The minimum Gasteiger partial charge on any atom is -0.492 e. The Kier molecular flexibility index (Phi) is 8.04. The van der Waals surface area contributed by atoms with Crippen LogP contribution >= 0.6 is 11.6 Å². The normalized spacial score (nSPS) is 19.5. The lowest BCUT2D eigenvalue weighted by molar-refractivity contribution is 0.0979. The van der Waals surface area contributed by atoms with Crippen LogP contribution in [0.25, 0.3) is 11.3 Å². The molecule has 0 spiro atoms. The molecule has 0 saturated heterocycles. The van der Waals surface area contributed by atoms with Crippen LogP contribution in [-0.2, 0) is 10.0 Å². The third kappa shape index (κ3) is 5.72. The van der Waals surface area contributed by atoms with Crippen LogP contribution in [0.5, 0.6) is 5.75 Å². The Hall–Kier alpha value is -3.17. The molecule has 2 N–H and O–H groups in total. The van der Waals surface area contributed by atoms with Crippen molar-refractivity contribution >= 4 is 27.5 Å². The van der Waals surface area contributed by atoms with Gasteiger partial charge in [-0.3, -0.25) is 14.6 Å². The van der Waals surface area contributed by atoms with Gasteiger partial charge in [-0.15, -0.1) is 0 Å². The number of aromatic nitrogens is 2. The molecule has 4 rings (SSSR count). The number of carbonyl (C=O) groups excluding carboxylic acids is 1. The lowest BCUT2D eigenvalue weighted by Crippen LogP contribution is -2.35. The van der Waals surface area contributed by atoms with Gasteiger partial charge >= 0.3 is 0 Å². The summed E-state index contributed by atoms with van der Waals surface area (Å²) in [6.07, 6.45) is 4.11. The van der Waals surface area contributed by atoms with Crippen molar-refractivity contribution in [3.05, 3.63) is 75.3 Å². The Balaban J connectivity index is 1.76. The molecule has 0 bridgehead atoms. The van der Waals surface area contributed by atoms with Gasteiger partial charge in [-0.2, -0.15) is 0 Å². The molecule has 2 aromatic heterocycles. The van der Waals surface area contributed by atoms with Crippen LogP contribution in [0.15, 0.2) is 58.4 Å². The van der Waals surface area contributed by atoms with Gasteiger partial charge in [0.15, 0.2) is 4.90 Å². The number of H-pyrrole nitrogens is 1. The number of benzene rings is 1. The zero-order chi connectivity index (χ0) is 26.7. The zero-order valence-corrected chi connectivity index (χ0v) is 22.5. The molecule has 0 radical (unpaired) electrons. The Labute approximate surface area is 221 Å². The molecule has 0 aliphatic heterocycles. The molecule has 196 valence electrons. The fourth-order valence-electron chi connectivity index (χ4n) is 4.90. The van der Waals surface area contributed by atoms with E-state index in [0.717, 1.165) is 30.9 Å². The number of halogens is 1. The molecule has 1 aliphatic carbocycles. The maximum absolute atomic E-state index is 13.3. The van der Waals surface area contributed by atoms with E-state index in [2.05, 4.69) is 23.6 Å². The average molecular weight is 544 g/mol. The first-order valence-corrected chi connectivity index (χ1v) is 14.2. The summed E-state index contributed by atoms with van der Waals surface area (Å²) in [5, 5.41) is 0.493. The van der Waals surface area contributed by atoms with E-state index in [-0.39, 0.29) is 23.3 Å². The molecule has 1 aliphatic rings. The SMILES string of the molecule is CCCOc1cc(-c2ccc(C(=O)NS(=O)(=O)c3ccc[nH]c3=O)c(C3[C@H](C)CC[C@@H]3C)n2)ccc1Cl. The number of nitrogens with zero attached hydrogens (tertiary/aromatic N) is 1. The molecule has 10 heteroatoms. The fraction of sp³-hybridized carbons (Fsp3) is 0.370. The summed E-state index contributed by atoms with van der Waals surface area (Å²) in [4.78, 5) is 32.0. The van der Waals surface area contributed by atoms with Crippen molar-refractivity contribution in [1.29, 1.82) is 0 Å². The molecular weight excluding hydrogens is 514 g/mol. The quantitative estimate of drug-likeness (QED) is 0.406. The fourth-order valence-corrected chi connectivity index (χ4v) is 6.10. The van der Waals surface area contributed by atoms with Gasteiger partial charge in [-0.1, -0.05) is 38.4 Å². The van der Waals surface area contributed by atoms with Crippen LogP contribution < -0.4 is 15.0 Å². The smallest absolute Gasteiger partial charge is 0.269 e. The second kappa shape index (κ2) is 11.1. The highest BCUT2D eigenvalue weighted by Gasteiger charge is 2.36. The van der Waals surface area contributed by atoms with Gasteiger partial charge in [0, 0.05) is 17.7 Å². The van der Waals surface area contributed by atoms with Crippen molar-refractivity contribution < 1.29 is 17.9 Å². The van der Waals surface area contributed by atoms with Crippen LogP contribution in [0, 0.1) is 11.8 Å². The minimum atomic E-state index is -4.39. The van der Waals surface area contributed by atoms with Gasteiger partial charge in [0.1, 0.15) is 5.75 Å². The summed E-state index contributed by atoms with van der Waals surface area (Å²) in [5.41, 5.74) is 1.29. The summed E-state index contributed by atoms with van der Waals surface area (Å²) in [7, 11) is -4.39. The minimum absolute atomic E-state index is 0.0355. The molecule has 2 heterocycles. The van der Waals surface area contributed by atoms with E-state index < -0.39 is 26.4 Å². The van der Waals surface area contributed by atoms with Crippen molar-refractivity contribution in [3.8, 4) is 17.0 Å². The highest BCUT2D eigenvalue weighted by atomic mass is 35.5. The Morgan fingerprint density at radius 1 is 1.16 bits per heavy atom. The average Bonchev–Trinajstić information content (AvgIpc) is 3.20. The molecule has 1 amide bonds. The summed E-state index contributed by atoms with van der Waals surface area (Å²) in [5.74, 6) is 0.198. The number of sulfonamides is 1. The van der Waals surface area contributed by atoms with Gasteiger partial charge in [0.05, 0.1) is 28.6 Å². The largest absolute Gasteiger partial charge is 0.492 e. The number of rotatable bonds is 8. The van der Waals surface area contributed by atoms with E-state index in [1.54, 1.807) is 18.2 Å². The van der Waals surface area contributed by atoms with E-state index >= 15 is 0 Å². The summed E-state index contributed by atoms with van der Waals surface area (Å²) >= 11 is 6.30. The van der Waals surface area contributed by atoms with Crippen molar-refractivity contribution in [2.24, 2.45) is 11.8 Å². The number of aromatic amines is 1. The number of hydrogen-bond donors (Lipinski definition) is 2. The second-order valence-corrected chi connectivity index (χ2v) is 11.5. The summed E-state index contributed by atoms with van der Waals surface area (Å²) in [6, 6.07) is 11.2. The number of hydrogen-bond acceptors (Lipinski definition) is 6. The highest BCUT2D eigenvalue weighted by molar-refractivity contribution is 7.90. The molecule has 3 atom stereocenters. The summed E-state index contributed by atoms with van der Waals surface area (Å²) in [6.45, 7) is 6.76. The van der Waals surface area contributed by atoms with E-state index in [1.165, 1.54) is 12.3 Å². The molecule has 37 heavy (non-hydrogen) atoms. The Morgan fingerprint density at radius 3 is 2.57 bits per heavy atom. The third-order valence-electron chi connectivity index (χ3n) is 6.78. The standard InChI is InChI=1S/C27H30ClN3O5S/c1-4-14-36-22-15-18(9-11-20(22)28)21-12-10-19(25(30-21)24-16(2)7-8-17(24)3)26(32)31-37(34,35)23-6-5-13-29-27(23)33/h5-6,9-13,15-17,24H,4,7-8,14H2,1-3H3,(H,29,33)(H,31,32)/t16-,17+,24?. The van der Waals surface area contributed by atoms with Crippen LogP contribution in [0.1, 0.15) is 62.0 Å². The Bertz CT molecular complexity index is 1460. The van der Waals surface area contributed by atoms with Gasteiger partial charge in [-0.05, 0) is 67.5 Å². The molecule has 1 fully saturated rings. The first kappa shape index (κ1) is 26.9. The molecule has 1 unspecified atom stereocenters. The predicted molar refractivity (Wildman–Crippen MR) is 142 cm³/mol. The first-order valence-electron chi connectivity index (χ1n) is 12.3. The van der Waals surface area contributed by atoms with E-state index in [0.29, 0.717) is 28.8 Å². The van der Waals surface area contributed by atoms with Gasteiger partial charge in [0.2, 0.25) is 0 Å². The van der Waals surface area contributed by atoms with Gasteiger partial charge in [-0.25, -0.2) is 13.1 Å². The summed E-state index contributed by atoms with van der Waals surface area (Å²) < 4.78 is 33.5. The monoisotopic (exact) mass is 543 g/mol. The second-order valence-electron chi connectivity index (χ2n) is 9.48. The van der Waals surface area contributed by atoms with E-state index in [4.69, 9.17) is 21.3 Å². The molecule has 1 saturated carbocycles. The highest BCUT2D eigenvalue weighted by Crippen LogP contribution is 2.44. The van der Waals surface area contributed by atoms with Crippen molar-refractivity contribution in [1.82, 2.24) is 14.7 Å². The predicted octanol–water partition coefficient (Wildman–Crippen LogP) is 5.15. The lowest BCUT2D eigenvalue weighted by atomic mass is 9.85. The van der Waals surface area contributed by atoms with Crippen molar-refractivity contribution in [3.63, 3.8) is 0 Å². The van der Waals surface area contributed by atoms with Crippen LogP contribution in [0.3, 0.4) is 0 Å². The number of amides is 1. The lowest BCUT2D eigenvalue weighted by Gasteiger charge is -2.23. The number of carbonyl (C=O) groups is 1. The van der Waals surface area contributed by atoms with E-state index in [1.807, 2.05) is 19.1 Å². The number of ether oxygens (including phenoxy) is 1. The number of pyridine rings is 2. The first-order chi connectivity index (χ1) is 17.6. The molecule has 8 nitrogen and oxygen atoms in total. The topological polar surface area (TPSA) is 118 Å². The third-order valence-corrected chi connectivity index (χ3v) is 8.44. The maximum atomic E-state index is 13.3. The van der Waals surface area contributed by atoms with Gasteiger partial charge in [0.25, 0.3) is 21.5 Å². The maximum Gasteiger partial charge on any atom is 0.269 e. The zero-order valence-electron chi connectivity index (χ0n) is 21.0. The Morgan fingerprint density at radius 2 is 1.89 bits per heavy atom. The van der Waals surface area contributed by atoms with E-state index in [9.17, 15) is 18.0 Å². The molecule has 3 aromatic rings. The molecular formula is C27H30ClN3O5S. The van der Waals surface area contributed by atoms with Crippen LogP contribution in [0.4, 0.5) is 0 Å². The van der Waals surface area contributed by atoms with Crippen LogP contribution in [0.2, 0.25) is 5.02 Å². The van der Waals surface area contributed by atoms with Crippen molar-refractivity contribution in [2.45, 2.75) is 50.8 Å².